The second kappa shape index (κ2) is 8.13. The summed E-state index contributed by atoms with van der Waals surface area (Å²) in [5.74, 6) is -0.911. The summed E-state index contributed by atoms with van der Waals surface area (Å²) in [4.78, 5) is 12.7. The molecule has 0 unspecified atom stereocenters. The maximum atomic E-state index is 10.2. The second-order valence-corrected chi connectivity index (χ2v) is 2.13. The number of carboxylic acids is 1. The molecule has 0 aliphatic carbocycles. The summed E-state index contributed by atoms with van der Waals surface area (Å²) in [6, 6.07) is -0.594. The van der Waals surface area contributed by atoms with Gasteiger partial charge in [-0.2, -0.15) is 0 Å². The molecule has 0 fully saturated rings. The van der Waals surface area contributed by atoms with E-state index in [9.17, 15) is 4.79 Å². The number of nitrogens with zero attached hydrogens (tertiary/aromatic N) is 3. The van der Waals surface area contributed by atoms with E-state index >= 15 is 0 Å². The predicted octanol–water partition coefficient (Wildman–Crippen LogP) is -3.22. The highest BCUT2D eigenvalue weighted by Gasteiger charge is 2.13. The fraction of sp³-hybridized carbons (Fsp3) is 0.800. The van der Waals surface area contributed by atoms with Crippen LogP contribution in [0.2, 0.25) is 0 Å². The van der Waals surface area contributed by atoms with E-state index in [2.05, 4.69) is 15.8 Å². The van der Waals surface area contributed by atoms with Crippen LogP contribution < -0.4 is 18.1 Å². The Morgan fingerprint density at radius 2 is 2.33 bits per heavy atom. The van der Waals surface area contributed by atoms with Gasteiger partial charge in [0.2, 0.25) is 0 Å². The van der Waals surface area contributed by atoms with Crippen LogP contribution in [0.3, 0.4) is 0 Å². The average molecular weight is 195 g/mol. The lowest BCUT2D eigenvalue weighted by molar-refractivity contribution is -0.409. The summed E-state index contributed by atoms with van der Waals surface area (Å²) in [5.41, 5.74) is 11.3. The lowest BCUT2D eigenvalue weighted by atomic mass is 10.2. The number of halogens is 1. The number of rotatable bonds is 5. The maximum absolute atomic E-state index is 10.2. The van der Waals surface area contributed by atoms with Crippen molar-refractivity contribution in [3.63, 3.8) is 0 Å². The lowest BCUT2D eigenvalue weighted by Gasteiger charge is -1.99. The van der Waals surface area contributed by atoms with Crippen LogP contribution in [0, 0.1) is 0 Å². The summed E-state index contributed by atoms with van der Waals surface area (Å²) in [5, 5.41) is 11.6. The van der Waals surface area contributed by atoms with Crippen molar-refractivity contribution in [3.05, 3.63) is 10.4 Å². The molecular formula is C5H11ClN4O2. The van der Waals surface area contributed by atoms with Gasteiger partial charge in [0.1, 0.15) is 0 Å². The van der Waals surface area contributed by atoms with E-state index in [-0.39, 0.29) is 12.4 Å². The van der Waals surface area contributed by atoms with E-state index in [1.807, 2.05) is 0 Å². The first-order valence-corrected chi connectivity index (χ1v) is 3.25. The zero-order valence-corrected chi connectivity index (χ0v) is 7.24. The minimum absolute atomic E-state index is 0. The normalized spacial score (nSPS) is 10.8. The summed E-state index contributed by atoms with van der Waals surface area (Å²) in [7, 11) is 0. The van der Waals surface area contributed by atoms with Gasteiger partial charge < -0.3 is 23.2 Å². The van der Waals surface area contributed by atoms with Gasteiger partial charge in [-0.25, -0.2) is 4.79 Å². The lowest BCUT2D eigenvalue weighted by Crippen LogP contribution is -3.00. The monoisotopic (exact) mass is 194 g/mol. The molecule has 0 saturated heterocycles. The molecule has 0 spiro atoms. The molecule has 0 saturated carbocycles. The predicted molar refractivity (Wildman–Crippen MR) is 37.6 cm³/mol. The fourth-order valence-electron chi connectivity index (χ4n) is 0.577. The van der Waals surface area contributed by atoms with Crippen LogP contribution >= 0.6 is 0 Å². The van der Waals surface area contributed by atoms with Crippen molar-refractivity contribution in [1.29, 1.82) is 0 Å². The Labute approximate surface area is 75.8 Å². The van der Waals surface area contributed by atoms with Crippen molar-refractivity contribution in [1.82, 2.24) is 0 Å². The van der Waals surface area contributed by atoms with Gasteiger partial charge in [-0.1, -0.05) is 5.11 Å². The Morgan fingerprint density at radius 1 is 1.75 bits per heavy atom. The van der Waals surface area contributed by atoms with E-state index in [0.717, 1.165) is 0 Å². The number of hydrogen-bond donors (Lipinski definition) is 2. The molecule has 12 heavy (non-hydrogen) atoms. The van der Waals surface area contributed by atoms with E-state index in [0.29, 0.717) is 19.4 Å². The molecule has 0 aromatic rings. The SMILES string of the molecule is [Cl-].[N-]=[N+]=NCCC[C@@H]([NH3+])C(=O)O. The van der Waals surface area contributed by atoms with Gasteiger partial charge >= 0.3 is 5.97 Å². The summed E-state index contributed by atoms with van der Waals surface area (Å²) >= 11 is 0. The van der Waals surface area contributed by atoms with Crippen LogP contribution in [0.5, 0.6) is 0 Å². The molecule has 0 heterocycles. The number of hydrogen-bond acceptors (Lipinski definition) is 2. The highest BCUT2D eigenvalue weighted by Crippen LogP contribution is 1.93. The molecule has 0 aromatic heterocycles. The molecule has 0 rings (SSSR count). The number of carbonyl (C=O) groups is 1. The Morgan fingerprint density at radius 3 is 2.75 bits per heavy atom. The second-order valence-electron chi connectivity index (χ2n) is 2.13. The third kappa shape index (κ3) is 7.14. The summed E-state index contributed by atoms with van der Waals surface area (Å²) in [6.45, 7) is 0.343. The molecule has 0 aliphatic heterocycles. The largest absolute Gasteiger partial charge is 1.00 e. The van der Waals surface area contributed by atoms with E-state index in [4.69, 9.17) is 10.6 Å². The molecule has 0 radical (unpaired) electrons. The first-order chi connectivity index (χ1) is 5.18. The van der Waals surface area contributed by atoms with Crippen LogP contribution in [0.25, 0.3) is 10.4 Å². The molecule has 0 amide bonds. The quantitative estimate of drug-likeness (QED) is 0.208. The molecule has 0 aliphatic rings. The third-order valence-electron chi connectivity index (χ3n) is 1.22. The molecule has 0 aromatic carbocycles. The van der Waals surface area contributed by atoms with Crippen molar-refractivity contribution in [3.8, 4) is 0 Å². The van der Waals surface area contributed by atoms with Gasteiger partial charge in [0.25, 0.3) is 0 Å². The van der Waals surface area contributed by atoms with Gasteiger partial charge in [-0.3, -0.25) is 0 Å². The van der Waals surface area contributed by atoms with Gasteiger partial charge in [0.05, 0.1) is 0 Å². The van der Waals surface area contributed by atoms with Crippen molar-refractivity contribution in [2.45, 2.75) is 18.9 Å². The third-order valence-corrected chi connectivity index (χ3v) is 1.22. The van der Waals surface area contributed by atoms with E-state index < -0.39 is 12.0 Å². The molecule has 7 heteroatoms. The number of azide groups is 1. The van der Waals surface area contributed by atoms with E-state index in [1.165, 1.54) is 0 Å². The highest BCUT2D eigenvalue weighted by molar-refractivity contribution is 5.71. The van der Waals surface area contributed by atoms with Gasteiger partial charge in [0.15, 0.2) is 6.04 Å². The minimum Gasteiger partial charge on any atom is -1.00 e. The van der Waals surface area contributed by atoms with Gasteiger partial charge in [-0.15, -0.1) is 0 Å². The molecular weight excluding hydrogens is 184 g/mol. The first kappa shape index (κ1) is 13.6. The topological polar surface area (TPSA) is 114 Å². The molecule has 4 N–H and O–H groups in total. The van der Waals surface area contributed by atoms with Crippen LogP contribution in [-0.2, 0) is 4.79 Å². The minimum atomic E-state index is -0.911. The molecule has 6 nitrogen and oxygen atoms in total. The van der Waals surface area contributed by atoms with E-state index in [1.54, 1.807) is 0 Å². The Hall–Kier alpha value is -0.970. The van der Waals surface area contributed by atoms with Crippen LogP contribution in [0.1, 0.15) is 12.8 Å². The zero-order valence-electron chi connectivity index (χ0n) is 6.48. The van der Waals surface area contributed by atoms with Crippen LogP contribution in [0.4, 0.5) is 0 Å². The van der Waals surface area contributed by atoms with Gasteiger partial charge in [0, 0.05) is 17.9 Å². The average Bonchev–Trinajstić information content (AvgIpc) is 1.97. The fourth-order valence-corrected chi connectivity index (χ4v) is 0.577. The summed E-state index contributed by atoms with van der Waals surface area (Å²) < 4.78 is 0. The number of carboxylic acid groups (broad SMARTS) is 1. The molecule has 1 atom stereocenters. The highest BCUT2D eigenvalue weighted by atomic mass is 35.5. The van der Waals surface area contributed by atoms with Gasteiger partial charge in [-0.05, 0) is 12.0 Å². The summed E-state index contributed by atoms with van der Waals surface area (Å²) in [6.07, 6.45) is 1.03. The van der Waals surface area contributed by atoms with Crippen molar-refractivity contribution in [2.75, 3.05) is 6.54 Å². The Bertz CT molecular complexity index is 180. The molecule has 0 bridgehead atoms. The number of quaternary nitrogens is 1. The molecule has 70 valence electrons. The Kier molecular flexibility index (Phi) is 9.22. The zero-order chi connectivity index (χ0) is 8.69. The maximum Gasteiger partial charge on any atom is 0.362 e. The van der Waals surface area contributed by atoms with Crippen LogP contribution in [0.15, 0.2) is 5.11 Å². The van der Waals surface area contributed by atoms with Crippen LogP contribution in [-0.4, -0.2) is 23.7 Å². The standard InChI is InChI=1S/C5H10N4O2.ClH/c6-4(5(10)11)2-1-3-8-9-7;/h4H,1-3,6H2,(H,10,11);1H/t4-;/m1./s1. The Balaban J connectivity index is 0. The van der Waals surface area contributed by atoms with Crippen molar-refractivity contribution < 1.29 is 28.0 Å². The van der Waals surface area contributed by atoms with Crippen molar-refractivity contribution >= 4 is 5.97 Å². The smallest absolute Gasteiger partial charge is 0.362 e. The first-order valence-electron chi connectivity index (χ1n) is 3.25. The van der Waals surface area contributed by atoms with Crippen molar-refractivity contribution in [2.24, 2.45) is 5.11 Å². The number of aliphatic carboxylic acids is 1.